The third-order valence-electron chi connectivity index (χ3n) is 3.79. The van der Waals surface area contributed by atoms with Gasteiger partial charge < -0.3 is 15.8 Å². The normalized spacial score (nSPS) is 14.0. The number of pyridine rings is 1. The Kier molecular flexibility index (Phi) is 6.60. The van der Waals surface area contributed by atoms with Gasteiger partial charge in [-0.15, -0.1) is 24.8 Å². The summed E-state index contributed by atoms with van der Waals surface area (Å²) in [5, 5.41) is 2.84. The number of benzene rings is 1. The largest absolute Gasteiger partial charge is 0.439 e. The number of aryl methyl sites for hydroxylation is 2. The number of nitrogens with two attached hydrogens (primary N) is 1. The minimum absolute atomic E-state index is 0. The number of anilines is 1. The van der Waals surface area contributed by atoms with Crippen LogP contribution in [-0.2, 0) is 4.79 Å². The zero-order valence-corrected chi connectivity index (χ0v) is 15.2. The van der Waals surface area contributed by atoms with Crippen molar-refractivity contribution >= 4 is 36.4 Å². The molecule has 0 unspecified atom stereocenters. The lowest BCUT2D eigenvalue weighted by Gasteiger charge is -2.13. The van der Waals surface area contributed by atoms with Crippen molar-refractivity contribution in [1.82, 2.24) is 4.98 Å². The molecule has 1 fully saturated rings. The van der Waals surface area contributed by atoms with Crippen LogP contribution >= 0.6 is 24.8 Å². The number of hydrogen-bond acceptors (Lipinski definition) is 4. The molecule has 1 saturated carbocycles. The zero-order valence-electron chi connectivity index (χ0n) is 13.5. The molecule has 0 bridgehead atoms. The first kappa shape index (κ1) is 20.2. The summed E-state index contributed by atoms with van der Waals surface area (Å²) in [4.78, 5) is 16.2. The molecule has 0 radical (unpaired) electrons. The van der Waals surface area contributed by atoms with Gasteiger partial charge in [0.1, 0.15) is 5.75 Å². The topological polar surface area (TPSA) is 77.2 Å². The molecule has 1 aliphatic rings. The standard InChI is InChI=1S/C17H19N3O2.2ClH/c1-11-5-8-19-15(9-11)22-14-10-13(4-3-12(14)2)20-16(21)17(18)6-7-17;;/h3-5,8-10H,6-7,18H2,1-2H3,(H,20,21);2*1H. The van der Waals surface area contributed by atoms with E-state index in [-0.39, 0.29) is 30.7 Å². The molecule has 24 heavy (non-hydrogen) atoms. The van der Waals surface area contributed by atoms with Crippen LogP contribution in [0.1, 0.15) is 24.0 Å². The highest BCUT2D eigenvalue weighted by Crippen LogP contribution is 2.34. The molecule has 0 atom stereocenters. The van der Waals surface area contributed by atoms with E-state index in [1.54, 1.807) is 12.3 Å². The summed E-state index contributed by atoms with van der Waals surface area (Å²) in [6.07, 6.45) is 3.18. The summed E-state index contributed by atoms with van der Waals surface area (Å²) in [5.41, 5.74) is 7.92. The van der Waals surface area contributed by atoms with Gasteiger partial charge in [0, 0.05) is 24.0 Å². The van der Waals surface area contributed by atoms with Gasteiger partial charge in [-0.05, 0) is 49.9 Å². The van der Waals surface area contributed by atoms with Crippen LogP contribution in [0.2, 0.25) is 0 Å². The van der Waals surface area contributed by atoms with Gasteiger partial charge in [-0.3, -0.25) is 4.79 Å². The summed E-state index contributed by atoms with van der Waals surface area (Å²) < 4.78 is 5.82. The monoisotopic (exact) mass is 369 g/mol. The van der Waals surface area contributed by atoms with Crippen LogP contribution in [0.5, 0.6) is 11.6 Å². The molecular formula is C17H21Cl2N3O2. The average Bonchev–Trinajstić information content (AvgIpc) is 3.22. The summed E-state index contributed by atoms with van der Waals surface area (Å²) in [6.45, 7) is 3.93. The predicted octanol–water partition coefficient (Wildman–Crippen LogP) is 3.76. The molecule has 3 rings (SSSR count). The maximum absolute atomic E-state index is 12.0. The van der Waals surface area contributed by atoms with E-state index in [4.69, 9.17) is 10.5 Å². The van der Waals surface area contributed by atoms with Crippen molar-refractivity contribution < 1.29 is 9.53 Å². The summed E-state index contributed by atoms with van der Waals surface area (Å²) >= 11 is 0. The fraction of sp³-hybridized carbons (Fsp3) is 0.294. The van der Waals surface area contributed by atoms with Gasteiger partial charge in [0.2, 0.25) is 11.8 Å². The molecule has 3 N–H and O–H groups in total. The van der Waals surface area contributed by atoms with Gasteiger partial charge >= 0.3 is 0 Å². The smallest absolute Gasteiger partial charge is 0.244 e. The number of nitrogens with one attached hydrogen (secondary N) is 1. The third kappa shape index (κ3) is 4.60. The Morgan fingerprint density at radius 2 is 1.92 bits per heavy atom. The molecule has 1 aromatic heterocycles. The van der Waals surface area contributed by atoms with E-state index in [1.165, 1.54) is 0 Å². The molecule has 1 amide bonds. The number of halogens is 2. The second-order valence-electron chi connectivity index (χ2n) is 5.86. The molecule has 0 saturated heterocycles. The Labute approximate surface area is 153 Å². The quantitative estimate of drug-likeness (QED) is 0.859. The number of ether oxygens (including phenoxy) is 1. The van der Waals surface area contributed by atoms with Crippen LogP contribution in [-0.4, -0.2) is 16.4 Å². The van der Waals surface area contributed by atoms with Crippen molar-refractivity contribution in [3.63, 3.8) is 0 Å². The van der Waals surface area contributed by atoms with Crippen LogP contribution in [0, 0.1) is 13.8 Å². The maximum Gasteiger partial charge on any atom is 0.244 e. The number of carbonyl (C=O) groups excluding carboxylic acids is 1. The Morgan fingerprint density at radius 1 is 1.21 bits per heavy atom. The number of carbonyl (C=O) groups is 1. The third-order valence-corrected chi connectivity index (χ3v) is 3.79. The van der Waals surface area contributed by atoms with Gasteiger partial charge in [-0.1, -0.05) is 6.07 Å². The lowest BCUT2D eigenvalue weighted by Crippen LogP contribution is -2.37. The molecule has 7 heteroatoms. The van der Waals surface area contributed by atoms with Crippen molar-refractivity contribution in [2.75, 3.05) is 5.32 Å². The van der Waals surface area contributed by atoms with Crippen molar-refractivity contribution in [1.29, 1.82) is 0 Å². The summed E-state index contributed by atoms with van der Waals surface area (Å²) in [6, 6.07) is 9.31. The van der Waals surface area contributed by atoms with Crippen LogP contribution in [0.3, 0.4) is 0 Å². The highest BCUT2D eigenvalue weighted by Gasteiger charge is 2.45. The Bertz CT molecular complexity index is 734. The van der Waals surface area contributed by atoms with E-state index in [9.17, 15) is 4.79 Å². The number of rotatable bonds is 4. The minimum atomic E-state index is -0.690. The van der Waals surface area contributed by atoms with Crippen LogP contribution < -0.4 is 15.8 Å². The maximum atomic E-state index is 12.0. The number of amides is 1. The van der Waals surface area contributed by atoms with Crippen LogP contribution in [0.25, 0.3) is 0 Å². The lowest BCUT2D eigenvalue weighted by atomic mass is 10.2. The van der Waals surface area contributed by atoms with Crippen molar-refractivity contribution in [2.24, 2.45) is 5.73 Å². The van der Waals surface area contributed by atoms with E-state index in [2.05, 4.69) is 10.3 Å². The first-order chi connectivity index (χ1) is 10.5. The van der Waals surface area contributed by atoms with Gasteiger partial charge in [-0.2, -0.15) is 0 Å². The van der Waals surface area contributed by atoms with Crippen LogP contribution in [0.4, 0.5) is 5.69 Å². The van der Waals surface area contributed by atoms with Gasteiger partial charge in [-0.25, -0.2) is 4.98 Å². The van der Waals surface area contributed by atoms with E-state index >= 15 is 0 Å². The highest BCUT2D eigenvalue weighted by molar-refractivity contribution is 6.00. The number of aromatic nitrogens is 1. The Balaban J connectivity index is 0.00000144. The molecule has 2 aromatic rings. The number of nitrogens with zero attached hydrogens (tertiary/aromatic N) is 1. The van der Waals surface area contributed by atoms with Gasteiger partial charge in [0.15, 0.2) is 0 Å². The first-order valence-electron chi connectivity index (χ1n) is 7.28. The highest BCUT2D eigenvalue weighted by atomic mass is 35.5. The SMILES string of the molecule is Cc1ccnc(Oc2cc(NC(=O)C3(N)CC3)ccc2C)c1.Cl.Cl. The Hall–Kier alpha value is -1.82. The van der Waals surface area contributed by atoms with Crippen molar-refractivity contribution in [2.45, 2.75) is 32.2 Å². The second kappa shape index (κ2) is 7.83. The van der Waals surface area contributed by atoms with E-state index in [1.807, 2.05) is 38.1 Å². The summed E-state index contributed by atoms with van der Waals surface area (Å²) in [7, 11) is 0. The molecule has 1 heterocycles. The van der Waals surface area contributed by atoms with E-state index in [0.29, 0.717) is 17.3 Å². The molecule has 5 nitrogen and oxygen atoms in total. The van der Waals surface area contributed by atoms with Crippen molar-refractivity contribution in [3.8, 4) is 11.6 Å². The zero-order chi connectivity index (χ0) is 15.7. The average molecular weight is 370 g/mol. The molecule has 1 aliphatic carbocycles. The fourth-order valence-electron chi connectivity index (χ4n) is 2.08. The minimum Gasteiger partial charge on any atom is -0.439 e. The van der Waals surface area contributed by atoms with E-state index < -0.39 is 5.54 Å². The first-order valence-corrected chi connectivity index (χ1v) is 7.28. The second-order valence-corrected chi connectivity index (χ2v) is 5.86. The molecule has 0 aliphatic heterocycles. The van der Waals surface area contributed by atoms with Crippen molar-refractivity contribution in [3.05, 3.63) is 47.7 Å². The molecule has 1 aromatic carbocycles. The van der Waals surface area contributed by atoms with Gasteiger partial charge in [0.05, 0.1) is 5.54 Å². The molecular weight excluding hydrogens is 349 g/mol. The fourth-order valence-corrected chi connectivity index (χ4v) is 2.08. The molecule has 130 valence electrons. The predicted molar refractivity (Wildman–Crippen MR) is 99.5 cm³/mol. The molecule has 0 spiro atoms. The van der Waals surface area contributed by atoms with E-state index in [0.717, 1.165) is 24.0 Å². The van der Waals surface area contributed by atoms with Gasteiger partial charge in [0.25, 0.3) is 0 Å². The van der Waals surface area contributed by atoms with Crippen LogP contribution in [0.15, 0.2) is 36.5 Å². The lowest BCUT2D eigenvalue weighted by molar-refractivity contribution is -0.118. The Morgan fingerprint density at radius 3 is 2.54 bits per heavy atom. The number of hydrogen-bond donors (Lipinski definition) is 2. The summed E-state index contributed by atoms with van der Waals surface area (Å²) in [5.74, 6) is 1.05.